The second-order valence-corrected chi connectivity index (χ2v) is 7.43. The van der Waals surface area contributed by atoms with Crippen molar-refractivity contribution in [3.8, 4) is 11.6 Å². The van der Waals surface area contributed by atoms with Gasteiger partial charge in [0.2, 0.25) is 11.8 Å². The van der Waals surface area contributed by atoms with Crippen LogP contribution < -0.4 is 4.74 Å². The minimum atomic E-state index is -1.05. The molecule has 1 atom stereocenters. The van der Waals surface area contributed by atoms with Crippen LogP contribution in [0.25, 0.3) is 0 Å². The number of ketones is 1. The average Bonchev–Trinajstić information content (AvgIpc) is 3.21. The van der Waals surface area contributed by atoms with Crippen molar-refractivity contribution in [2.45, 2.75) is 18.4 Å². The molecule has 1 aliphatic heterocycles. The summed E-state index contributed by atoms with van der Waals surface area (Å²) in [4.78, 5) is 29.4. The number of thiophene rings is 1. The van der Waals surface area contributed by atoms with Gasteiger partial charge in [0.25, 0.3) is 0 Å². The Morgan fingerprint density at radius 1 is 1.07 bits per heavy atom. The van der Waals surface area contributed by atoms with E-state index >= 15 is 0 Å². The number of thiol groups is 1. The van der Waals surface area contributed by atoms with Gasteiger partial charge in [0.1, 0.15) is 17.1 Å². The van der Waals surface area contributed by atoms with Gasteiger partial charge < -0.3 is 4.74 Å². The van der Waals surface area contributed by atoms with Crippen molar-refractivity contribution in [2.75, 3.05) is 0 Å². The number of rotatable bonds is 4. The number of ether oxygens (including phenoxy) is 1. The number of pyridine rings is 1. The highest BCUT2D eigenvalue weighted by atomic mass is 32.1. The second kappa shape index (κ2) is 7.17. The number of carbonyl (C=O) groups excluding carboxylic acids is 2. The van der Waals surface area contributed by atoms with Crippen molar-refractivity contribution in [2.24, 2.45) is 0 Å². The van der Waals surface area contributed by atoms with E-state index in [-0.39, 0.29) is 24.5 Å². The number of piperidine rings is 1. The van der Waals surface area contributed by atoms with Gasteiger partial charge in [0.05, 0.1) is 12.1 Å². The van der Waals surface area contributed by atoms with E-state index in [4.69, 9.17) is 4.74 Å². The number of hydrogen-bond acceptors (Lipinski definition) is 6. The van der Waals surface area contributed by atoms with Crippen LogP contribution in [0, 0.1) is 0 Å². The Labute approximate surface area is 166 Å². The molecule has 1 amide bonds. The van der Waals surface area contributed by atoms with Crippen molar-refractivity contribution in [1.29, 1.82) is 0 Å². The highest BCUT2D eigenvalue weighted by Crippen LogP contribution is 2.44. The highest BCUT2D eigenvalue weighted by molar-refractivity contribution is 7.78. The Hall–Kier alpha value is -2.64. The van der Waals surface area contributed by atoms with Gasteiger partial charge in [-0.3, -0.25) is 13.9 Å². The first kappa shape index (κ1) is 17.8. The van der Waals surface area contributed by atoms with Crippen molar-refractivity contribution < 1.29 is 14.3 Å². The fourth-order valence-electron chi connectivity index (χ4n) is 3.26. The summed E-state index contributed by atoms with van der Waals surface area (Å²) in [6.07, 6.45) is -0.0175. The first-order valence-corrected chi connectivity index (χ1v) is 9.70. The maximum Gasteiger partial charge on any atom is 0.240 e. The number of carbonyl (C=O) groups is 2. The van der Waals surface area contributed by atoms with Gasteiger partial charge in [-0.25, -0.2) is 4.98 Å². The zero-order valence-electron chi connectivity index (χ0n) is 14.2. The van der Waals surface area contributed by atoms with Gasteiger partial charge >= 0.3 is 0 Å². The number of Topliss-reactive ketones (excluding diaryl/α,β-unsaturated/α-hetero) is 1. The third-order valence-electron chi connectivity index (χ3n) is 4.51. The van der Waals surface area contributed by atoms with Gasteiger partial charge in [-0.15, -0.1) is 0 Å². The summed E-state index contributed by atoms with van der Waals surface area (Å²) in [6.45, 7) is 0. The van der Waals surface area contributed by atoms with Crippen molar-refractivity contribution >= 4 is 35.8 Å². The average molecular weight is 396 g/mol. The van der Waals surface area contributed by atoms with E-state index in [0.717, 1.165) is 5.56 Å². The number of aromatic nitrogens is 1. The normalized spacial score (nSPS) is 20.0. The Morgan fingerprint density at radius 2 is 1.89 bits per heavy atom. The fraction of sp³-hybridized carbons (Fsp3) is 0.150. The van der Waals surface area contributed by atoms with Crippen molar-refractivity contribution in [1.82, 2.24) is 9.29 Å². The van der Waals surface area contributed by atoms with E-state index in [1.54, 1.807) is 18.2 Å². The molecule has 3 aromatic rings. The molecule has 1 saturated heterocycles. The maximum atomic E-state index is 12.4. The molecule has 0 radical (unpaired) electrons. The monoisotopic (exact) mass is 396 g/mol. The van der Waals surface area contributed by atoms with Crippen LogP contribution in [-0.4, -0.2) is 21.0 Å². The number of nitrogens with zero attached hydrogens (tertiary/aromatic N) is 2. The molecular weight excluding hydrogens is 380 g/mol. The molecule has 0 bridgehead atoms. The van der Waals surface area contributed by atoms with Crippen LogP contribution in [0.15, 0.2) is 65.4 Å². The molecule has 136 valence electrons. The van der Waals surface area contributed by atoms with Gasteiger partial charge in [-0.2, -0.15) is 11.3 Å². The summed E-state index contributed by atoms with van der Waals surface area (Å²) in [5.74, 6) is 0.579. The molecule has 27 heavy (non-hydrogen) atoms. The van der Waals surface area contributed by atoms with E-state index in [1.807, 2.05) is 47.2 Å². The Morgan fingerprint density at radius 3 is 2.63 bits per heavy atom. The first-order chi connectivity index (χ1) is 13.1. The molecule has 0 N–H and O–H groups in total. The Bertz CT molecular complexity index is 976. The predicted molar refractivity (Wildman–Crippen MR) is 106 cm³/mol. The molecular formula is C20H16N2O3S2. The third kappa shape index (κ3) is 3.24. The zero-order chi connectivity index (χ0) is 18.9. The highest BCUT2D eigenvalue weighted by Gasteiger charge is 2.49. The van der Waals surface area contributed by atoms with Crippen LogP contribution in [0.3, 0.4) is 0 Å². The van der Waals surface area contributed by atoms with Crippen LogP contribution in [0.2, 0.25) is 0 Å². The van der Waals surface area contributed by atoms with Gasteiger partial charge in [-0.1, -0.05) is 37.1 Å². The summed E-state index contributed by atoms with van der Waals surface area (Å²) >= 11 is 5.96. The summed E-state index contributed by atoms with van der Waals surface area (Å²) in [5, 5.41) is 3.83. The van der Waals surface area contributed by atoms with Gasteiger partial charge in [-0.05, 0) is 40.6 Å². The number of benzene rings is 1. The molecule has 1 fully saturated rings. The molecule has 0 aliphatic carbocycles. The second-order valence-electron chi connectivity index (χ2n) is 6.25. The first-order valence-electron chi connectivity index (χ1n) is 8.36. The van der Waals surface area contributed by atoms with Gasteiger partial charge in [0.15, 0.2) is 0 Å². The van der Waals surface area contributed by atoms with E-state index < -0.39 is 5.54 Å². The molecule has 1 unspecified atom stereocenters. The van der Waals surface area contributed by atoms with Crippen LogP contribution in [0.4, 0.5) is 0 Å². The topological polar surface area (TPSA) is 59.5 Å². The lowest BCUT2D eigenvalue weighted by Gasteiger charge is -2.42. The quantitative estimate of drug-likeness (QED) is 0.530. The zero-order valence-corrected chi connectivity index (χ0v) is 16.0. The lowest BCUT2D eigenvalue weighted by molar-refractivity contribution is -0.139. The van der Waals surface area contributed by atoms with Gasteiger partial charge in [0, 0.05) is 12.5 Å². The van der Waals surface area contributed by atoms with E-state index in [2.05, 4.69) is 17.8 Å². The van der Waals surface area contributed by atoms with Crippen molar-refractivity contribution in [3.63, 3.8) is 0 Å². The predicted octanol–water partition coefficient (Wildman–Crippen LogP) is 4.22. The van der Waals surface area contributed by atoms with Crippen LogP contribution in [0.1, 0.15) is 24.1 Å². The van der Waals surface area contributed by atoms with E-state index in [1.165, 1.54) is 15.6 Å². The minimum Gasteiger partial charge on any atom is -0.439 e. The number of hydrogen-bond donors (Lipinski definition) is 1. The molecule has 2 aromatic heterocycles. The standard InChI is InChI=1S/C20H16N2O3S2/c23-15-11-19(24)22(26)20(12-15,14-9-10-27-13-14)17-7-4-8-18(21-17)25-16-5-2-1-3-6-16/h1-10,13,26H,11-12H2. The lowest BCUT2D eigenvalue weighted by Crippen LogP contribution is -2.51. The molecule has 1 aliphatic rings. The van der Waals surface area contributed by atoms with Crippen LogP contribution in [0.5, 0.6) is 11.6 Å². The lowest BCUT2D eigenvalue weighted by atomic mass is 9.79. The maximum absolute atomic E-state index is 12.4. The summed E-state index contributed by atoms with van der Waals surface area (Å²) < 4.78 is 7.18. The smallest absolute Gasteiger partial charge is 0.240 e. The molecule has 7 heteroatoms. The number of amides is 1. The minimum absolute atomic E-state index is 0.126. The van der Waals surface area contributed by atoms with E-state index in [0.29, 0.717) is 17.3 Å². The SMILES string of the molecule is O=C1CC(=O)N(S)C(c2ccsc2)(c2cccc(Oc3ccccc3)n2)C1. The molecule has 1 aromatic carbocycles. The van der Waals surface area contributed by atoms with Crippen LogP contribution in [-0.2, 0) is 15.1 Å². The molecule has 0 spiro atoms. The van der Waals surface area contributed by atoms with E-state index in [9.17, 15) is 9.59 Å². The third-order valence-corrected chi connectivity index (χ3v) is 5.76. The van der Waals surface area contributed by atoms with Crippen molar-refractivity contribution in [3.05, 3.63) is 76.6 Å². The largest absolute Gasteiger partial charge is 0.439 e. The molecule has 3 heterocycles. The Balaban J connectivity index is 1.81. The molecule has 4 rings (SSSR count). The summed E-state index contributed by atoms with van der Waals surface area (Å²) in [6, 6.07) is 16.6. The summed E-state index contributed by atoms with van der Waals surface area (Å²) in [7, 11) is 0. The molecule has 0 saturated carbocycles. The van der Waals surface area contributed by atoms with Crippen LogP contribution >= 0.6 is 24.2 Å². The summed E-state index contributed by atoms with van der Waals surface area (Å²) in [5.41, 5.74) is 0.310. The molecule has 5 nitrogen and oxygen atoms in total. The Kier molecular flexibility index (Phi) is 4.72. The number of para-hydroxylation sites is 1. The fourth-order valence-corrected chi connectivity index (χ4v) is 4.34.